The van der Waals surface area contributed by atoms with Gasteiger partial charge in [0.25, 0.3) is 0 Å². The lowest BCUT2D eigenvalue weighted by molar-refractivity contribution is 1.14. The molecule has 10 heavy (non-hydrogen) atoms. The molecule has 0 bridgehead atoms. The van der Waals surface area contributed by atoms with Crippen LogP contribution in [-0.4, -0.2) is 4.98 Å². The van der Waals surface area contributed by atoms with Crippen LogP contribution in [0.15, 0.2) is 16.7 Å². The quantitative estimate of drug-likeness (QED) is 0.663. The van der Waals surface area contributed by atoms with Gasteiger partial charge < -0.3 is 0 Å². The lowest BCUT2D eigenvalue weighted by Crippen LogP contribution is -1.87. The predicted octanol–water partition coefficient (Wildman–Crippen LogP) is 2.89. The van der Waals surface area contributed by atoms with E-state index in [2.05, 4.69) is 20.9 Å². The number of nitrogens with zero attached hydrogens (tertiary/aromatic N) is 1. The van der Waals surface area contributed by atoms with Crippen molar-refractivity contribution < 1.29 is 0 Å². The van der Waals surface area contributed by atoms with Crippen molar-refractivity contribution in [3.63, 3.8) is 0 Å². The zero-order valence-electron chi connectivity index (χ0n) is 5.56. The van der Waals surface area contributed by atoms with Crippen molar-refractivity contribution in [3.8, 4) is 0 Å². The van der Waals surface area contributed by atoms with Crippen LogP contribution < -0.4 is 0 Å². The molecule has 0 amide bonds. The van der Waals surface area contributed by atoms with Crippen LogP contribution in [0.25, 0.3) is 0 Å². The molecular weight excluding hydrogens is 213 g/mol. The van der Waals surface area contributed by atoms with Gasteiger partial charge in [0, 0.05) is 16.5 Å². The third kappa shape index (κ3) is 1.50. The maximum atomic E-state index is 5.65. The molecule has 0 spiro atoms. The Morgan fingerprint density at radius 1 is 1.70 bits per heavy atom. The highest BCUT2D eigenvalue weighted by atomic mass is 79.9. The Hall–Kier alpha value is -0.0800. The van der Waals surface area contributed by atoms with Gasteiger partial charge in [-0.2, -0.15) is 0 Å². The Labute approximate surface area is 73.6 Å². The molecule has 1 rings (SSSR count). The van der Waals surface area contributed by atoms with E-state index < -0.39 is 0 Å². The molecule has 0 aliphatic carbocycles. The zero-order chi connectivity index (χ0) is 7.56. The molecule has 0 unspecified atom stereocenters. The molecule has 0 fully saturated rings. The maximum absolute atomic E-state index is 5.65. The molecular formula is C7H7BrClN. The first-order valence-corrected chi connectivity index (χ1v) is 4.24. The molecule has 1 aromatic heterocycles. The summed E-state index contributed by atoms with van der Waals surface area (Å²) in [6.07, 6.45) is 1.76. The molecule has 0 atom stereocenters. The summed E-state index contributed by atoms with van der Waals surface area (Å²) in [5, 5.41) is 0. The SMILES string of the molecule is Cc1nccc(CCl)c1Br. The van der Waals surface area contributed by atoms with Gasteiger partial charge in [0.15, 0.2) is 0 Å². The first-order valence-electron chi connectivity index (χ1n) is 2.91. The van der Waals surface area contributed by atoms with Gasteiger partial charge in [-0.3, -0.25) is 4.98 Å². The second kappa shape index (κ2) is 3.35. The molecule has 0 aromatic carbocycles. The summed E-state index contributed by atoms with van der Waals surface area (Å²) in [4.78, 5) is 4.08. The predicted molar refractivity (Wildman–Crippen MR) is 46.2 cm³/mol. The van der Waals surface area contributed by atoms with Gasteiger partial charge in [-0.15, -0.1) is 11.6 Å². The average molecular weight is 220 g/mol. The number of aromatic nitrogens is 1. The third-order valence-electron chi connectivity index (χ3n) is 1.29. The topological polar surface area (TPSA) is 12.9 Å². The van der Waals surface area contributed by atoms with E-state index in [4.69, 9.17) is 11.6 Å². The van der Waals surface area contributed by atoms with Crippen molar-refractivity contribution in [2.75, 3.05) is 0 Å². The Morgan fingerprint density at radius 2 is 2.40 bits per heavy atom. The van der Waals surface area contributed by atoms with E-state index in [1.165, 1.54) is 0 Å². The Kier molecular flexibility index (Phi) is 2.69. The van der Waals surface area contributed by atoms with Crippen molar-refractivity contribution in [1.29, 1.82) is 0 Å². The minimum atomic E-state index is 0.532. The molecule has 0 saturated heterocycles. The number of halogens is 2. The normalized spacial score (nSPS) is 9.90. The third-order valence-corrected chi connectivity index (χ3v) is 2.66. The number of pyridine rings is 1. The summed E-state index contributed by atoms with van der Waals surface area (Å²) in [7, 11) is 0. The molecule has 0 aliphatic heterocycles. The average Bonchev–Trinajstić information content (AvgIpc) is 1.95. The zero-order valence-corrected chi connectivity index (χ0v) is 7.91. The highest BCUT2D eigenvalue weighted by Crippen LogP contribution is 2.20. The fourth-order valence-corrected chi connectivity index (χ4v) is 1.46. The summed E-state index contributed by atoms with van der Waals surface area (Å²) < 4.78 is 1.02. The molecule has 54 valence electrons. The highest BCUT2D eigenvalue weighted by Gasteiger charge is 1.99. The first-order chi connectivity index (χ1) is 4.75. The Bertz CT molecular complexity index is 237. The van der Waals surface area contributed by atoms with E-state index in [-0.39, 0.29) is 0 Å². The standard InChI is InChI=1S/C7H7BrClN/c1-5-7(8)6(4-9)2-3-10-5/h2-3H,4H2,1H3. The van der Waals surface area contributed by atoms with Crippen molar-refractivity contribution in [3.05, 3.63) is 28.0 Å². The second-order valence-electron chi connectivity index (χ2n) is 2.00. The molecule has 0 saturated carbocycles. The molecule has 1 aromatic rings. The molecule has 0 N–H and O–H groups in total. The monoisotopic (exact) mass is 219 g/mol. The van der Waals surface area contributed by atoms with Gasteiger partial charge in [-0.1, -0.05) is 0 Å². The molecule has 1 heterocycles. The number of hydrogen-bond acceptors (Lipinski definition) is 1. The maximum Gasteiger partial charge on any atom is 0.0517 e. The number of alkyl halides is 1. The van der Waals surface area contributed by atoms with Gasteiger partial charge >= 0.3 is 0 Å². The molecule has 0 radical (unpaired) electrons. The summed E-state index contributed by atoms with van der Waals surface area (Å²) in [5.41, 5.74) is 2.08. The fourth-order valence-electron chi connectivity index (χ4n) is 0.704. The number of rotatable bonds is 1. The van der Waals surface area contributed by atoms with Crippen LogP contribution in [0.4, 0.5) is 0 Å². The van der Waals surface area contributed by atoms with Crippen molar-refractivity contribution in [2.24, 2.45) is 0 Å². The van der Waals surface area contributed by atoms with Crippen LogP contribution in [0.5, 0.6) is 0 Å². The highest BCUT2D eigenvalue weighted by molar-refractivity contribution is 9.10. The summed E-state index contributed by atoms with van der Waals surface area (Å²) in [5.74, 6) is 0.532. The van der Waals surface area contributed by atoms with Crippen LogP contribution in [0.1, 0.15) is 11.3 Å². The van der Waals surface area contributed by atoms with Crippen LogP contribution in [0.2, 0.25) is 0 Å². The number of hydrogen-bond donors (Lipinski definition) is 0. The smallest absolute Gasteiger partial charge is 0.0517 e. The lowest BCUT2D eigenvalue weighted by atomic mass is 10.2. The summed E-state index contributed by atoms with van der Waals surface area (Å²) in [6, 6.07) is 1.91. The second-order valence-corrected chi connectivity index (χ2v) is 3.06. The van der Waals surface area contributed by atoms with Crippen molar-refractivity contribution in [2.45, 2.75) is 12.8 Å². The van der Waals surface area contributed by atoms with Crippen LogP contribution >= 0.6 is 27.5 Å². The van der Waals surface area contributed by atoms with Crippen LogP contribution in [0.3, 0.4) is 0 Å². The van der Waals surface area contributed by atoms with E-state index in [0.717, 1.165) is 15.7 Å². The van der Waals surface area contributed by atoms with Crippen LogP contribution in [0, 0.1) is 6.92 Å². The van der Waals surface area contributed by atoms with E-state index in [1.54, 1.807) is 6.20 Å². The van der Waals surface area contributed by atoms with E-state index in [9.17, 15) is 0 Å². The van der Waals surface area contributed by atoms with Gasteiger partial charge in [0.1, 0.15) is 0 Å². The summed E-state index contributed by atoms with van der Waals surface area (Å²) >= 11 is 9.04. The minimum Gasteiger partial charge on any atom is -0.260 e. The Morgan fingerprint density at radius 3 is 2.90 bits per heavy atom. The van der Waals surface area contributed by atoms with Crippen LogP contribution in [-0.2, 0) is 5.88 Å². The minimum absolute atomic E-state index is 0.532. The molecule has 3 heteroatoms. The van der Waals surface area contributed by atoms with Gasteiger partial charge in [0.2, 0.25) is 0 Å². The molecule has 0 aliphatic rings. The van der Waals surface area contributed by atoms with Gasteiger partial charge in [0.05, 0.1) is 5.69 Å². The largest absolute Gasteiger partial charge is 0.260 e. The number of aryl methyl sites for hydroxylation is 1. The van der Waals surface area contributed by atoms with Gasteiger partial charge in [-0.05, 0) is 34.5 Å². The Balaban J connectivity index is 3.14. The van der Waals surface area contributed by atoms with E-state index in [1.807, 2.05) is 13.0 Å². The van der Waals surface area contributed by atoms with E-state index in [0.29, 0.717) is 5.88 Å². The van der Waals surface area contributed by atoms with Gasteiger partial charge in [-0.25, -0.2) is 0 Å². The summed E-state index contributed by atoms with van der Waals surface area (Å²) in [6.45, 7) is 1.94. The van der Waals surface area contributed by atoms with E-state index >= 15 is 0 Å². The molecule has 1 nitrogen and oxygen atoms in total. The fraction of sp³-hybridized carbons (Fsp3) is 0.286. The van der Waals surface area contributed by atoms with Crippen molar-refractivity contribution in [1.82, 2.24) is 4.98 Å². The van der Waals surface area contributed by atoms with Crippen molar-refractivity contribution >= 4 is 27.5 Å². The first kappa shape index (κ1) is 8.02. The lowest BCUT2D eigenvalue weighted by Gasteiger charge is -2.00.